The Hall–Kier alpha value is -1.66. The molecule has 1 N–H and O–H groups in total. The minimum Gasteiger partial charge on any atom is -0.325 e. The number of benzene rings is 2. The maximum atomic E-state index is 12.5. The van der Waals surface area contributed by atoms with Gasteiger partial charge in [0.05, 0.1) is 17.3 Å². The number of aryl methyl sites for hydroxylation is 1. The molecule has 1 aliphatic rings. The summed E-state index contributed by atoms with van der Waals surface area (Å²) in [5.41, 5.74) is 2.63. The van der Waals surface area contributed by atoms with E-state index in [4.69, 9.17) is 0 Å². The summed E-state index contributed by atoms with van der Waals surface area (Å²) in [4.78, 5) is 26.5. The van der Waals surface area contributed by atoms with Crippen molar-refractivity contribution in [1.29, 1.82) is 0 Å². The standard InChI is InChI=1S/C18H16Br2N2O2/c1-11-6-7-15(14(20)8-11)21-18(24)12-9-17(23)22(10-12)16-5-3-2-4-13(16)19/h2-8,12H,9-10H2,1H3,(H,21,24). The normalized spacial score (nSPS) is 17.2. The van der Waals surface area contributed by atoms with Crippen LogP contribution in [0.25, 0.3) is 0 Å². The molecule has 2 amide bonds. The van der Waals surface area contributed by atoms with E-state index in [1.807, 2.05) is 49.4 Å². The van der Waals surface area contributed by atoms with E-state index in [-0.39, 0.29) is 24.2 Å². The van der Waals surface area contributed by atoms with Crippen molar-refractivity contribution in [2.75, 3.05) is 16.8 Å². The molecule has 1 atom stereocenters. The Bertz CT molecular complexity index is 807. The fourth-order valence-electron chi connectivity index (χ4n) is 2.74. The first-order valence-electron chi connectivity index (χ1n) is 7.57. The van der Waals surface area contributed by atoms with E-state index in [2.05, 4.69) is 37.2 Å². The van der Waals surface area contributed by atoms with Gasteiger partial charge in [0.1, 0.15) is 0 Å². The number of nitrogens with zero attached hydrogens (tertiary/aromatic N) is 1. The number of carbonyl (C=O) groups is 2. The molecule has 0 aromatic heterocycles. The molecule has 2 aromatic rings. The van der Waals surface area contributed by atoms with Gasteiger partial charge in [0.2, 0.25) is 11.8 Å². The predicted molar refractivity (Wildman–Crippen MR) is 102 cm³/mol. The minimum atomic E-state index is -0.363. The highest BCUT2D eigenvalue weighted by Gasteiger charge is 2.35. The Balaban J connectivity index is 1.73. The van der Waals surface area contributed by atoms with Crippen molar-refractivity contribution in [3.63, 3.8) is 0 Å². The number of anilines is 2. The van der Waals surface area contributed by atoms with E-state index in [9.17, 15) is 9.59 Å². The summed E-state index contributed by atoms with van der Waals surface area (Å²) < 4.78 is 1.68. The zero-order valence-electron chi connectivity index (χ0n) is 13.1. The average Bonchev–Trinajstić information content (AvgIpc) is 2.92. The van der Waals surface area contributed by atoms with Gasteiger partial charge in [-0.05, 0) is 68.6 Å². The van der Waals surface area contributed by atoms with Crippen molar-refractivity contribution in [1.82, 2.24) is 0 Å². The monoisotopic (exact) mass is 450 g/mol. The van der Waals surface area contributed by atoms with Gasteiger partial charge in [-0.3, -0.25) is 9.59 Å². The van der Waals surface area contributed by atoms with E-state index in [1.54, 1.807) is 4.90 Å². The molecule has 0 spiro atoms. The van der Waals surface area contributed by atoms with Crippen LogP contribution in [0.15, 0.2) is 51.4 Å². The van der Waals surface area contributed by atoms with Crippen molar-refractivity contribution >= 4 is 55.0 Å². The molecule has 0 aliphatic carbocycles. The minimum absolute atomic E-state index is 0.0370. The predicted octanol–water partition coefficient (Wildman–Crippen LogP) is 4.51. The molecule has 1 fully saturated rings. The Kier molecular flexibility index (Phi) is 5.06. The number of para-hydroxylation sites is 1. The van der Waals surface area contributed by atoms with Crippen molar-refractivity contribution in [2.45, 2.75) is 13.3 Å². The maximum Gasteiger partial charge on any atom is 0.229 e. The molecular formula is C18H16Br2N2O2. The largest absolute Gasteiger partial charge is 0.325 e. The van der Waals surface area contributed by atoms with Crippen LogP contribution in [0.5, 0.6) is 0 Å². The van der Waals surface area contributed by atoms with Crippen LogP contribution in [0.1, 0.15) is 12.0 Å². The summed E-state index contributed by atoms with van der Waals surface area (Å²) in [7, 11) is 0. The van der Waals surface area contributed by atoms with E-state index in [1.165, 1.54) is 0 Å². The van der Waals surface area contributed by atoms with Gasteiger partial charge in [-0.2, -0.15) is 0 Å². The van der Waals surface area contributed by atoms with E-state index >= 15 is 0 Å². The number of hydrogen-bond donors (Lipinski definition) is 1. The Morgan fingerprint density at radius 2 is 1.92 bits per heavy atom. The SMILES string of the molecule is Cc1ccc(NC(=O)C2CC(=O)N(c3ccccc3Br)C2)c(Br)c1. The third-order valence-corrected chi connectivity index (χ3v) is 5.35. The molecule has 4 nitrogen and oxygen atoms in total. The second-order valence-electron chi connectivity index (χ2n) is 5.83. The molecule has 0 radical (unpaired) electrons. The van der Waals surface area contributed by atoms with Crippen LogP contribution in [0.3, 0.4) is 0 Å². The van der Waals surface area contributed by atoms with Gasteiger partial charge in [0.15, 0.2) is 0 Å². The number of halogens is 2. The second kappa shape index (κ2) is 7.07. The van der Waals surface area contributed by atoms with Gasteiger partial charge in [-0.15, -0.1) is 0 Å². The highest BCUT2D eigenvalue weighted by atomic mass is 79.9. The summed E-state index contributed by atoms with van der Waals surface area (Å²) in [6.45, 7) is 2.37. The van der Waals surface area contributed by atoms with Crippen molar-refractivity contribution in [3.8, 4) is 0 Å². The first-order chi connectivity index (χ1) is 11.5. The van der Waals surface area contributed by atoms with Gasteiger partial charge >= 0.3 is 0 Å². The third-order valence-electron chi connectivity index (χ3n) is 4.02. The topological polar surface area (TPSA) is 49.4 Å². The number of nitrogens with one attached hydrogen (secondary N) is 1. The number of amides is 2. The summed E-state index contributed by atoms with van der Waals surface area (Å²) in [6, 6.07) is 13.3. The van der Waals surface area contributed by atoms with Crippen LogP contribution in [0, 0.1) is 12.8 Å². The molecule has 24 heavy (non-hydrogen) atoms. The summed E-state index contributed by atoms with van der Waals surface area (Å²) in [5.74, 6) is -0.537. The van der Waals surface area contributed by atoms with Crippen LogP contribution in [-0.2, 0) is 9.59 Å². The molecule has 6 heteroatoms. The molecular weight excluding hydrogens is 436 g/mol. The lowest BCUT2D eigenvalue weighted by atomic mass is 10.1. The zero-order valence-corrected chi connectivity index (χ0v) is 16.2. The third kappa shape index (κ3) is 3.54. The van der Waals surface area contributed by atoms with Gasteiger partial charge < -0.3 is 10.2 Å². The second-order valence-corrected chi connectivity index (χ2v) is 7.54. The number of rotatable bonds is 3. The molecule has 1 saturated heterocycles. The first-order valence-corrected chi connectivity index (χ1v) is 9.16. The van der Waals surface area contributed by atoms with Crippen molar-refractivity contribution in [3.05, 3.63) is 57.0 Å². The Labute approximate surface area is 157 Å². The molecule has 0 saturated carbocycles. The highest BCUT2D eigenvalue weighted by Crippen LogP contribution is 2.32. The van der Waals surface area contributed by atoms with E-state index in [0.717, 1.165) is 25.9 Å². The fourth-order valence-corrected chi connectivity index (χ4v) is 3.83. The van der Waals surface area contributed by atoms with E-state index in [0.29, 0.717) is 6.54 Å². The van der Waals surface area contributed by atoms with Crippen LogP contribution >= 0.6 is 31.9 Å². The number of carbonyl (C=O) groups excluding carboxylic acids is 2. The highest BCUT2D eigenvalue weighted by molar-refractivity contribution is 9.11. The lowest BCUT2D eigenvalue weighted by molar-refractivity contribution is -0.122. The van der Waals surface area contributed by atoms with Gasteiger partial charge in [-0.1, -0.05) is 18.2 Å². The molecule has 0 bridgehead atoms. The fraction of sp³-hybridized carbons (Fsp3) is 0.222. The Morgan fingerprint density at radius 3 is 2.62 bits per heavy atom. The lowest BCUT2D eigenvalue weighted by Crippen LogP contribution is -2.28. The average molecular weight is 452 g/mol. The smallest absolute Gasteiger partial charge is 0.229 e. The van der Waals surface area contributed by atoms with Gasteiger partial charge in [-0.25, -0.2) is 0 Å². The van der Waals surface area contributed by atoms with Crippen LogP contribution in [-0.4, -0.2) is 18.4 Å². The quantitative estimate of drug-likeness (QED) is 0.746. The van der Waals surface area contributed by atoms with E-state index < -0.39 is 0 Å². The van der Waals surface area contributed by atoms with Crippen LogP contribution < -0.4 is 10.2 Å². The first kappa shape index (κ1) is 17.2. The molecule has 1 heterocycles. The summed E-state index contributed by atoms with van der Waals surface area (Å²) >= 11 is 6.92. The summed E-state index contributed by atoms with van der Waals surface area (Å²) in [6.07, 6.45) is 0.219. The Morgan fingerprint density at radius 1 is 1.17 bits per heavy atom. The zero-order chi connectivity index (χ0) is 17.3. The lowest BCUT2D eigenvalue weighted by Gasteiger charge is -2.18. The number of hydrogen-bond acceptors (Lipinski definition) is 2. The van der Waals surface area contributed by atoms with Crippen molar-refractivity contribution in [2.24, 2.45) is 5.92 Å². The van der Waals surface area contributed by atoms with Gasteiger partial charge in [0.25, 0.3) is 0 Å². The molecule has 2 aromatic carbocycles. The summed E-state index contributed by atoms with van der Waals surface area (Å²) in [5, 5.41) is 2.91. The van der Waals surface area contributed by atoms with Crippen LogP contribution in [0.2, 0.25) is 0 Å². The molecule has 1 aliphatic heterocycles. The maximum absolute atomic E-state index is 12.5. The van der Waals surface area contributed by atoms with Crippen molar-refractivity contribution < 1.29 is 9.59 Å². The molecule has 124 valence electrons. The molecule has 1 unspecified atom stereocenters. The van der Waals surface area contributed by atoms with Crippen LogP contribution in [0.4, 0.5) is 11.4 Å². The molecule has 3 rings (SSSR count). The van der Waals surface area contributed by atoms with Gasteiger partial charge in [0, 0.05) is 21.9 Å².